The maximum Gasteiger partial charge on any atom is 0.220 e. The lowest BCUT2D eigenvalue weighted by atomic mass is 10.1. The number of nitrogens with one attached hydrogen (secondary N) is 1. The van der Waals surface area contributed by atoms with Crippen molar-refractivity contribution in [1.82, 2.24) is 5.32 Å². The molecule has 0 rings (SSSR count). The van der Waals surface area contributed by atoms with Gasteiger partial charge in [-0.3, -0.25) is 4.79 Å². The van der Waals surface area contributed by atoms with Crippen molar-refractivity contribution in [2.75, 3.05) is 6.54 Å². The lowest BCUT2D eigenvalue weighted by Gasteiger charge is -2.08. The highest BCUT2D eigenvalue weighted by Gasteiger charge is 2.02. The molecule has 1 atom stereocenters. The summed E-state index contributed by atoms with van der Waals surface area (Å²) in [5, 5.41) is 2.85. The Bertz CT molecular complexity index is 144. The molecule has 0 fully saturated rings. The molecule has 3 N–H and O–H groups in total. The molecule has 0 aliphatic carbocycles. The predicted octanol–water partition coefficient (Wildman–Crippen LogP) is 1.28. The van der Waals surface area contributed by atoms with Gasteiger partial charge in [-0.05, 0) is 25.7 Å². The van der Waals surface area contributed by atoms with Crippen molar-refractivity contribution in [1.29, 1.82) is 0 Å². The average Bonchev–Trinajstić information content (AvgIpc) is 2.00. The third kappa shape index (κ3) is 9.34. The first kappa shape index (κ1) is 12.4. The molecule has 0 heterocycles. The summed E-state index contributed by atoms with van der Waals surface area (Å²) >= 11 is 0. The van der Waals surface area contributed by atoms with Gasteiger partial charge in [-0.15, -0.1) is 0 Å². The van der Waals surface area contributed by atoms with Crippen LogP contribution in [0.25, 0.3) is 0 Å². The second kappa shape index (κ2) is 6.89. The van der Waals surface area contributed by atoms with Crippen molar-refractivity contribution in [3.63, 3.8) is 0 Å². The van der Waals surface area contributed by atoms with Crippen LogP contribution in [0.4, 0.5) is 0 Å². The molecule has 78 valence electrons. The molecule has 0 saturated heterocycles. The zero-order chi connectivity index (χ0) is 10.3. The quantitative estimate of drug-likeness (QED) is 0.656. The summed E-state index contributed by atoms with van der Waals surface area (Å²) in [6, 6.07) is 0.172. The minimum Gasteiger partial charge on any atom is -0.356 e. The van der Waals surface area contributed by atoms with Crippen molar-refractivity contribution in [3.8, 4) is 0 Å². The third-order valence-corrected chi connectivity index (χ3v) is 1.87. The molecule has 3 nitrogen and oxygen atoms in total. The number of amides is 1. The van der Waals surface area contributed by atoms with Crippen molar-refractivity contribution in [2.45, 2.75) is 46.1 Å². The molecule has 0 aromatic heterocycles. The molecular formula is C10H22N2O. The van der Waals surface area contributed by atoms with E-state index >= 15 is 0 Å². The Morgan fingerprint density at radius 2 is 1.92 bits per heavy atom. The summed E-state index contributed by atoms with van der Waals surface area (Å²) in [6.07, 6.45) is 2.45. The topological polar surface area (TPSA) is 55.1 Å². The molecule has 13 heavy (non-hydrogen) atoms. The van der Waals surface area contributed by atoms with Gasteiger partial charge in [0.15, 0.2) is 0 Å². The number of hydrogen-bond donors (Lipinski definition) is 2. The van der Waals surface area contributed by atoms with E-state index in [9.17, 15) is 4.79 Å². The molecule has 0 aromatic carbocycles. The van der Waals surface area contributed by atoms with E-state index in [0.717, 1.165) is 12.8 Å². The standard InChI is InChI=1S/C10H22N2O/c1-8(2)4-5-10(13)12-7-6-9(3)11/h8-9H,4-7,11H2,1-3H3,(H,12,13). The van der Waals surface area contributed by atoms with Crippen LogP contribution in [0.2, 0.25) is 0 Å². The zero-order valence-electron chi connectivity index (χ0n) is 8.97. The molecule has 0 saturated carbocycles. The van der Waals surface area contributed by atoms with Gasteiger partial charge in [0, 0.05) is 19.0 Å². The van der Waals surface area contributed by atoms with Crippen LogP contribution in [0.5, 0.6) is 0 Å². The monoisotopic (exact) mass is 186 g/mol. The minimum absolute atomic E-state index is 0.148. The van der Waals surface area contributed by atoms with Gasteiger partial charge in [0.2, 0.25) is 5.91 Å². The number of carbonyl (C=O) groups excluding carboxylic acids is 1. The first-order chi connectivity index (χ1) is 6.02. The van der Waals surface area contributed by atoms with E-state index < -0.39 is 0 Å². The fourth-order valence-electron chi connectivity index (χ4n) is 0.947. The Morgan fingerprint density at radius 1 is 1.31 bits per heavy atom. The Labute approximate surface area is 81.1 Å². The second-order valence-electron chi connectivity index (χ2n) is 4.05. The third-order valence-electron chi connectivity index (χ3n) is 1.87. The van der Waals surface area contributed by atoms with Crippen molar-refractivity contribution in [3.05, 3.63) is 0 Å². The van der Waals surface area contributed by atoms with Gasteiger partial charge in [0.1, 0.15) is 0 Å². The molecule has 3 heteroatoms. The maximum absolute atomic E-state index is 11.2. The van der Waals surface area contributed by atoms with Crippen molar-refractivity contribution < 1.29 is 4.79 Å². The van der Waals surface area contributed by atoms with Gasteiger partial charge in [-0.25, -0.2) is 0 Å². The molecule has 0 aromatic rings. The number of carbonyl (C=O) groups is 1. The minimum atomic E-state index is 0.148. The summed E-state index contributed by atoms with van der Waals surface area (Å²) < 4.78 is 0. The van der Waals surface area contributed by atoms with E-state index in [1.54, 1.807) is 0 Å². The zero-order valence-corrected chi connectivity index (χ0v) is 8.97. The fraction of sp³-hybridized carbons (Fsp3) is 0.900. The lowest BCUT2D eigenvalue weighted by molar-refractivity contribution is -0.121. The molecule has 0 radical (unpaired) electrons. The molecule has 0 aliphatic rings. The Hall–Kier alpha value is -0.570. The van der Waals surface area contributed by atoms with Crippen molar-refractivity contribution >= 4 is 5.91 Å². The molecule has 0 aliphatic heterocycles. The molecule has 0 spiro atoms. The summed E-state index contributed by atoms with van der Waals surface area (Å²) in [5.74, 6) is 0.744. The van der Waals surface area contributed by atoms with E-state index in [1.807, 2.05) is 6.92 Å². The van der Waals surface area contributed by atoms with Gasteiger partial charge >= 0.3 is 0 Å². The van der Waals surface area contributed by atoms with Gasteiger partial charge in [-0.1, -0.05) is 13.8 Å². The summed E-state index contributed by atoms with van der Waals surface area (Å²) in [6.45, 7) is 6.89. The second-order valence-corrected chi connectivity index (χ2v) is 4.05. The first-order valence-electron chi connectivity index (χ1n) is 5.04. The molecular weight excluding hydrogens is 164 g/mol. The van der Waals surface area contributed by atoms with Crippen LogP contribution in [0.3, 0.4) is 0 Å². The molecule has 0 bridgehead atoms. The van der Waals surface area contributed by atoms with Crippen LogP contribution >= 0.6 is 0 Å². The Balaban J connectivity index is 3.30. The van der Waals surface area contributed by atoms with Crippen LogP contribution < -0.4 is 11.1 Å². The number of nitrogens with two attached hydrogens (primary N) is 1. The van der Waals surface area contributed by atoms with Crippen LogP contribution in [-0.2, 0) is 4.79 Å². The predicted molar refractivity (Wildman–Crippen MR) is 55.3 cm³/mol. The van der Waals surface area contributed by atoms with Crippen LogP contribution in [0, 0.1) is 5.92 Å². The van der Waals surface area contributed by atoms with Crippen LogP contribution in [0.15, 0.2) is 0 Å². The largest absolute Gasteiger partial charge is 0.356 e. The van der Waals surface area contributed by atoms with Crippen LogP contribution in [-0.4, -0.2) is 18.5 Å². The van der Waals surface area contributed by atoms with Crippen LogP contribution in [0.1, 0.15) is 40.0 Å². The van der Waals surface area contributed by atoms with Gasteiger partial charge in [0.25, 0.3) is 0 Å². The molecule has 1 amide bonds. The Kier molecular flexibility index (Phi) is 6.59. The first-order valence-corrected chi connectivity index (χ1v) is 5.04. The van der Waals surface area contributed by atoms with E-state index in [0.29, 0.717) is 18.9 Å². The fourth-order valence-corrected chi connectivity index (χ4v) is 0.947. The maximum atomic E-state index is 11.2. The highest BCUT2D eigenvalue weighted by atomic mass is 16.1. The summed E-state index contributed by atoms with van der Waals surface area (Å²) in [5.41, 5.74) is 5.55. The average molecular weight is 186 g/mol. The van der Waals surface area contributed by atoms with E-state index in [1.165, 1.54) is 0 Å². The number of rotatable bonds is 6. The smallest absolute Gasteiger partial charge is 0.220 e. The van der Waals surface area contributed by atoms with Gasteiger partial charge < -0.3 is 11.1 Å². The van der Waals surface area contributed by atoms with Gasteiger partial charge in [0.05, 0.1) is 0 Å². The van der Waals surface area contributed by atoms with E-state index in [4.69, 9.17) is 5.73 Å². The number of hydrogen-bond acceptors (Lipinski definition) is 2. The summed E-state index contributed by atoms with van der Waals surface area (Å²) in [4.78, 5) is 11.2. The van der Waals surface area contributed by atoms with E-state index in [2.05, 4.69) is 19.2 Å². The highest BCUT2D eigenvalue weighted by molar-refractivity contribution is 5.75. The van der Waals surface area contributed by atoms with E-state index in [-0.39, 0.29) is 11.9 Å². The normalized spacial score (nSPS) is 13.0. The molecule has 1 unspecified atom stereocenters. The van der Waals surface area contributed by atoms with Gasteiger partial charge in [-0.2, -0.15) is 0 Å². The Morgan fingerprint density at radius 3 is 2.38 bits per heavy atom. The summed E-state index contributed by atoms with van der Waals surface area (Å²) in [7, 11) is 0. The SMILES string of the molecule is CC(C)CCC(=O)NCCC(C)N. The highest BCUT2D eigenvalue weighted by Crippen LogP contribution is 2.02. The van der Waals surface area contributed by atoms with Crippen molar-refractivity contribution in [2.24, 2.45) is 11.7 Å². The lowest BCUT2D eigenvalue weighted by Crippen LogP contribution is -2.28.